The predicted molar refractivity (Wildman–Crippen MR) is 85.4 cm³/mol. The summed E-state index contributed by atoms with van der Waals surface area (Å²) in [6, 6.07) is 11.8. The van der Waals surface area contributed by atoms with Crippen molar-refractivity contribution in [3.8, 4) is 11.5 Å². The molecule has 106 valence electrons. The van der Waals surface area contributed by atoms with E-state index in [1.165, 1.54) is 5.56 Å². The van der Waals surface area contributed by atoms with E-state index in [0.29, 0.717) is 5.92 Å². The predicted octanol–water partition coefficient (Wildman–Crippen LogP) is 5.17. The van der Waals surface area contributed by atoms with Gasteiger partial charge in [-0.15, -0.1) is 0 Å². The van der Waals surface area contributed by atoms with Crippen molar-refractivity contribution in [1.82, 2.24) is 0 Å². The van der Waals surface area contributed by atoms with Crippen LogP contribution in [0.4, 0.5) is 0 Å². The largest absolute Gasteiger partial charge is 0.457 e. The van der Waals surface area contributed by atoms with Crippen molar-refractivity contribution in [3.05, 3.63) is 57.6 Å². The number of aliphatic hydroxyl groups excluding tert-OH is 1. The van der Waals surface area contributed by atoms with Gasteiger partial charge in [0.1, 0.15) is 11.5 Å². The summed E-state index contributed by atoms with van der Waals surface area (Å²) >= 11 is 3.50. The van der Waals surface area contributed by atoms with E-state index in [9.17, 15) is 5.11 Å². The number of rotatable bonds is 4. The summed E-state index contributed by atoms with van der Waals surface area (Å²) in [5, 5.41) is 9.20. The molecule has 0 aliphatic rings. The van der Waals surface area contributed by atoms with E-state index in [1.807, 2.05) is 37.3 Å². The van der Waals surface area contributed by atoms with Crippen LogP contribution >= 0.6 is 15.9 Å². The molecular formula is C17H19BrO2. The minimum absolute atomic E-state index is 0.0572. The van der Waals surface area contributed by atoms with E-state index >= 15 is 0 Å². The van der Waals surface area contributed by atoms with Gasteiger partial charge in [-0.1, -0.05) is 35.8 Å². The van der Waals surface area contributed by atoms with Crippen molar-refractivity contribution in [2.45, 2.75) is 33.3 Å². The Labute approximate surface area is 128 Å². The van der Waals surface area contributed by atoms with Gasteiger partial charge in [0.2, 0.25) is 0 Å². The van der Waals surface area contributed by atoms with Crippen LogP contribution in [0.2, 0.25) is 0 Å². The highest BCUT2D eigenvalue weighted by Crippen LogP contribution is 2.33. The average molecular weight is 335 g/mol. The second kappa shape index (κ2) is 6.42. The van der Waals surface area contributed by atoms with Crippen molar-refractivity contribution in [3.63, 3.8) is 0 Å². The molecule has 0 unspecified atom stereocenters. The number of aliphatic hydroxyl groups is 1. The Morgan fingerprint density at radius 3 is 2.50 bits per heavy atom. The van der Waals surface area contributed by atoms with Crippen LogP contribution in [0, 0.1) is 6.92 Å². The van der Waals surface area contributed by atoms with E-state index in [1.54, 1.807) is 0 Å². The highest BCUT2D eigenvalue weighted by molar-refractivity contribution is 9.10. The van der Waals surface area contributed by atoms with Crippen molar-refractivity contribution in [2.24, 2.45) is 0 Å². The molecule has 2 rings (SSSR count). The first-order chi connectivity index (χ1) is 9.51. The van der Waals surface area contributed by atoms with Crippen LogP contribution < -0.4 is 4.74 Å². The average Bonchev–Trinajstić information content (AvgIpc) is 2.41. The van der Waals surface area contributed by atoms with Gasteiger partial charge in [-0.2, -0.15) is 0 Å². The molecule has 0 heterocycles. The third kappa shape index (κ3) is 3.41. The molecule has 0 spiro atoms. The molecule has 20 heavy (non-hydrogen) atoms. The number of ether oxygens (including phenoxy) is 1. The second-order valence-electron chi connectivity index (χ2n) is 5.19. The fraction of sp³-hybridized carbons (Fsp3) is 0.294. The molecule has 0 atom stereocenters. The molecule has 0 amide bonds. The number of aryl methyl sites for hydroxylation is 1. The lowest BCUT2D eigenvalue weighted by Crippen LogP contribution is -1.95. The summed E-state index contributed by atoms with van der Waals surface area (Å²) in [5.41, 5.74) is 3.13. The highest BCUT2D eigenvalue weighted by atomic mass is 79.9. The molecular weight excluding hydrogens is 316 g/mol. The van der Waals surface area contributed by atoms with Crippen LogP contribution in [0.15, 0.2) is 40.9 Å². The second-order valence-corrected chi connectivity index (χ2v) is 6.10. The normalized spacial score (nSPS) is 10.9. The van der Waals surface area contributed by atoms with Gasteiger partial charge >= 0.3 is 0 Å². The standard InChI is InChI=1S/C17H19BrO2/c1-11(2)16-9-14(18)5-7-17(16)20-15-6-4-13(10-19)12(3)8-15/h4-9,11,19H,10H2,1-3H3. The molecule has 0 fully saturated rings. The molecule has 0 saturated carbocycles. The molecule has 0 aliphatic heterocycles. The summed E-state index contributed by atoms with van der Waals surface area (Å²) in [7, 11) is 0. The summed E-state index contributed by atoms with van der Waals surface area (Å²) in [5.74, 6) is 2.06. The summed E-state index contributed by atoms with van der Waals surface area (Å²) in [4.78, 5) is 0. The van der Waals surface area contributed by atoms with Gasteiger partial charge in [0, 0.05) is 4.47 Å². The van der Waals surface area contributed by atoms with Gasteiger partial charge in [0.15, 0.2) is 0 Å². The maximum atomic E-state index is 9.20. The maximum absolute atomic E-state index is 9.20. The Balaban J connectivity index is 2.32. The monoisotopic (exact) mass is 334 g/mol. The fourth-order valence-corrected chi connectivity index (χ4v) is 2.48. The van der Waals surface area contributed by atoms with E-state index < -0.39 is 0 Å². The molecule has 2 aromatic rings. The zero-order valence-electron chi connectivity index (χ0n) is 12.0. The first-order valence-electron chi connectivity index (χ1n) is 6.69. The van der Waals surface area contributed by atoms with Crippen molar-refractivity contribution >= 4 is 15.9 Å². The zero-order chi connectivity index (χ0) is 14.7. The lowest BCUT2D eigenvalue weighted by molar-refractivity contribution is 0.281. The van der Waals surface area contributed by atoms with E-state index in [0.717, 1.165) is 27.1 Å². The lowest BCUT2D eigenvalue weighted by atomic mass is 10.0. The van der Waals surface area contributed by atoms with Gasteiger partial charge in [-0.25, -0.2) is 0 Å². The smallest absolute Gasteiger partial charge is 0.130 e. The molecule has 0 aliphatic carbocycles. The van der Waals surface area contributed by atoms with Gasteiger partial charge < -0.3 is 9.84 Å². The third-order valence-corrected chi connectivity index (χ3v) is 3.80. The van der Waals surface area contributed by atoms with Gasteiger partial charge in [0.05, 0.1) is 6.61 Å². The van der Waals surface area contributed by atoms with E-state index in [-0.39, 0.29) is 6.61 Å². The minimum Gasteiger partial charge on any atom is -0.457 e. The number of hydrogen-bond acceptors (Lipinski definition) is 2. The quantitative estimate of drug-likeness (QED) is 0.836. The third-order valence-electron chi connectivity index (χ3n) is 3.31. The minimum atomic E-state index is 0.0572. The highest BCUT2D eigenvalue weighted by Gasteiger charge is 2.10. The Hall–Kier alpha value is -1.32. The van der Waals surface area contributed by atoms with Gasteiger partial charge in [0.25, 0.3) is 0 Å². The first kappa shape index (κ1) is 15.1. The summed E-state index contributed by atoms with van der Waals surface area (Å²) < 4.78 is 7.06. The molecule has 2 nitrogen and oxygen atoms in total. The number of halogens is 1. The van der Waals surface area contributed by atoms with Crippen LogP contribution in [0.3, 0.4) is 0 Å². The molecule has 2 aromatic carbocycles. The van der Waals surface area contributed by atoms with Crippen LogP contribution in [-0.4, -0.2) is 5.11 Å². The Bertz CT molecular complexity index is 606. The zero-order valence-corrected chi connectivity index (χ0v) is 13.6. The Morgan fingerprint density at radius 2 is 1.90 bits per heavy atom. The van der Waals surface area contributed by atoms with Gasteiger partial charge in [-0.05, 0) is 59.9 Å². The number of hydrogen-bond donors (Lipinski definition) is 1. The van der Waals surface area contributed by atoms with Crippen molar-refractivity contribution in [2.75, 3.05) is 0 Å². The molecule has 0 saturated heterocycles. The Morgan fingerprint density at radius 1 is 1.15 bits per heavy atom. The lowest BCUT2D eigenvalue weighted by Gasteiger charge is -2.15. The Kier molecular flexibility index (Phi) is 4.84. The molecule has 0 aromatic heterocycles. The van der Waals surface area contributed by atoms with E-state index in [4.69, 9.17) is 4.74 Å². The van der Waals surface area contributed by atoms with Crippen LogP contribution in [0.5, 0.6) is 11.5 Å². The van der Waals surface area contributed by atoms with Crippen LogP contribution in [0.25, 0.3) is 0 Å². The molecule has 0 bridgehead atoms. The van der Waals surface area contributed by atoms with Crippen molar-refractivity contribution < 1.29 is 9.84 Å². The molecule has 1 N–H and O–H groups in total. The van der Waals surface area contributed by atoms with Crippen molar-refractivity contribution in [1.29, 1.82) is 0 Å². The molecule has 0 radical (unpaired) electrons. The summed E-state index contributed by atoms with van der Waals surface area (Å²) in [6.07, 6.45) is 0. The molecule has 3 heteroatoms. The number of benzene rings is 2. The first-order valence-corrected chi connectivity index (χ1v) is 7.48. The topological polar surface area (TPSA) is 29.5 Å². The maximum Gasteiger partial charge on any atom is 0.130 e. The SMILES string of the molecule is Cc1cc(Oc2ccc(Br)cc2C(C)C)ccc1CO. The fourth-order valence-electron chi connectivity index (χ4n) is 2.10. The van der Waals surface area contributed by atoms with Crippen LogP contribution in [0.1, 0.15) is 36.5 Å². The van der Waals surface area contributed by atoms with Gasteiger partial charge in [-0.3, -0.25) is 0 Å². The van der Waals surface area contributed by atoms with Crippen LogP contribution in [-0.2, 0) is 6.61 Å². The van der Waals surface area contributed by atoms with E-state index in [2.05, 4.69) is 35.8 Å². The summed E-state index contributed by atoms with van der Waals surface area (Å²) in [6.45, 7) is 6.33.